The van der Waals surface area contributed by atoms with E-state index in [1.807, 2.05) is 12.3 Å². The van der Waals surface area contributed by atoms with Gasteiger partial charge in [-0.3, -0.25) is 0 Å². The van der Waals surface area contributed by atoms with E-state index in [2.05, 4.69) is 65.8 Å². The van der Waals surface area contributed by atoms with Gasteiger partial charge in [0.25, 0.3) is 0 Å². The number of nitrogens with zero attached hydrogens (tertiary/aromatic N) is 1. The molecule has 0 fully saturated rings. The summed E-state index contributed by atoms with van der Waals surface area (Å²) in [6.45, 7) is 8.12. The minimum atomic E-state index is 0.632. The van der Waals surface area contributed by atoms with Gasteiger partial charge in [-0.1, -0.05) is 32.0 Å². The molecule has 0 saturated carbocycles. The molecule has 0 aliphatic carbocycles. The van der Waals surface area contributed by atoms with Crippen molar-refractivity contribution in [3.05, 3.63) is 39.4 Å². The van der Waals surface area contributed by atoms with Crippen molar-refractivity contribution < 1.29 is 4.42 Å². The molecule has 0 aliphatic rings. The van der Waals surface area contributed by atoms with Crippen molar-refractivity contribution >= 4 is 22.6 Å². The van der Waals surface area contributed by atoms with Crippen LogP contribution in [0.1, 0.15) is 25.3 Å². The number of aromatic nitrogens is 1. The highest BCUT2D eigenvalue weighted by molar-refractivity contribution is 14.1. The van der Waals surface area contributed by atoms with Crippen LogP contribution in [0.25, 0.3) is 11.3 Å². The third kappa shape index (κ3) is 3.79. The minimum Gasteiger partial charge on any atom is -0.439 e. The number of nitrogens with one attached hydrogen (secondary N) is 1. The van der Waals surface area contributed by atoms with Gasteiger partial charge in [-0.05, 0) is 47.5 Å². The third-order valence-corrected chi connectivity index (χ3v) is 4.27. The number of aryl methyl sites for hydroxylation is 1. The summed E-state index contributed by atoms with van der Waals surface area (Å²) in [5, 5.41) is 3.33. The van der Waals surface area contributed by atoms with Gasteiger partial charge in [-0.15, -0.1) is 0 Å². The number of rotatable bonds is 5. The van der Waals surface area contributed by atoms with Crippen molar-refractivity contribution in [2.75, 3.05) is 6.54 Å². The molecule has 102 valence electrons. The molecule has 2 rings (SSSR count). The van der Waals surface area contributed by atoms with Crippen LogP contribution >= 0.6 is 22.6 Å². The van der Waals surface area contributed by atoms with Gasteiger partial charge in [0.05, 0.1) is 12.7 Å². The standard InChI is InChI=1S/C15H19IN2O/c1-10(2)7-17-9-14-18-8-13(19-14)12-6-4-5-11(3)15(12)16/h4-6,8,10,17H,7,9H2,1-3H3. The molecule has 1 N–H and O–H groups in total. The Balaban J connectivity index is 2.10. The van der Waals surface area contributed by atoms with Crippen LogP contribution < -0.4 is 5.32 Å². The number of hydrogen-bond donors (Lipinski definition) is 1. The normalized spacial score (nSPS) is 11.2. The van der Waals surface area contributed by atoms with Crippen molar-refractivity contribution in [1.29, 1.82) is 0 Å². The third-order valence-electron chi connectivity index (χ3n) is 2.84. The minimum absolute atomic E-state index is 0.632. The van der Waals surface area contributed by atoms with Gasteiger partial charge >= 0.3 is 0 Å². The van der Waals surface area contributed by atoms with E-state index in [-0.39, 0.29) is 0 Å². The molecule has 4 heteroatoms. The average Bonchev–Trinajstić information content (AvgIpc) is 2.81. The van der Waals surface area contributed by atoms with E-state index in [0.717, 1.165) is 23.8 Å². The summed E-state index contributed by atoms with van der Waals surface area (Å²) >= 11 is 2.35. The lowest BCUT2D eigenvalue weighted by atomic mass is 10.1. The maximum atomic E-state index is 5.81. The summed E-state index contributed by atoms with van der Waals surface area (Å²) in [5.74, 6) is 2.22. The highest BCUT2D eigenvalue weighted by Crippen LogP contribution is 2.27. The molecule has 3 nitrogen and oxygen atoms in total. The maximum Gasteiger partial charge on any atom is 0.208 e. The second-order valence-corrected chi connectivity index (χ2v) is 6.16. The Bertz CT molecular complexity index is 549. The molecule has 1 aromatic carbocycles. The first-order valence-electron chi connectivity index (χ1n) is 6.49. The molecule has 0 bridgehead atoms. The van der Waals surface area contributed by atoms with Crippen LogP contribution in [0.2, 0.25) is 0 Å². The van der Waals surface area contributed by atoms with E-state index in [1.54, 1.807) is 0 Å². The van der Waals surface area contributed by atoms with Gasteiger partial charge in [0.1, 0.15) is 0 Å². The molecule has 1 heterocycles. The second kappa shape index (κ2) is 6.52. The summed E-state index contributed by atoms with van der Waals surface area (Å²) < 4.78 is 7.03. The van der Waals surface area contributed by atoms with Crippen molar-refractivity contribution in [1.82, 2.24) is 10.3 Å². The van der Waals surface area contributed by atoms with Gasteiger partial charge in [-0.2, -0.15) is 0 Å². The number of hydrogen-bond acceptors (Lipinski definition) is 3. The van der Waals surface area contributed by atoms with Gasteiger partial charge < -0.3 is 9.73 Å². The fraction of sp³-hybridized carbons (Fsp3) is 0.400. The monoisotopic (exact) mass is 370 g/mol. The Hall–Kier alpha value is -0.880. The lowest BCUT2D eigenvalue weighted by molar-refractivity contribution is 0.459. The molecule has 0 aliphatic heterocycles. The fourth-order valence-electron chi connectivity index (χ4n) is 1.82. The van der Waals surface area contributed by atoms with Crippen LogP contribution in [0.3, 0.4) is 0 Å². The highest BCUT2D eigenvalue weighted by Gasteiger charge is 2.10. The molecule has 0 atom stereocenters. The predicted molar refractivity (Wildman–Crippen MR) is 85.9 cm³/mol. The zero-order chi connectivity index (χ0) is 13.8. The Morgan fingerprint density at radius 3 is 2.89 bits per heavy atom. The van der Waals surface area contributed by atoms with Crippen LogP contribution in [0.5, 0.6) is 0 Å². The SMILES string of the molecule is Cc1cccc(-c2cnc(CNCC(C)C)o2)c1I. The molecule has 1 aromatic heterocycles. The molecule has 0 spiro atoms. The van der Waals surface area contributed by atoms with E-state index in [1.165, 1.54) is 9.13 Å². The molecule has 0 radical (unpaired) electrons. The van der Waals surface area contributed by atoms with Crippen LogP contribution in [0.15, 0.2) is 28.8 Å². The molecule has 19 heavy (non-hydrogen) atoms. The van der Waals surface area contributed by atoms with Crippen LogP contribution in [0, 0.1) is 16.4 Å². The molecule has 0 amide bonds. The van der Waals surface area contributed by atoms with Crippen LogP contribution in [-0.4, -0.2) is 11.5 Å². The Morgan fingerprint density at radius 2 is 2.16 bits per heavy atom. The lowest BCUT2D eigenvalue weighted by Crippen LogP contribution is -2.18. The Morgan fingerprint density at radius 1 is 1.37 bits per heavy atom. The quantitative estimate of drug-likeness (QED) is 0.809. The number of benzene rings is 1. The Labute approximate surface area is 128 Å². The van der Waals surface area contributed by atoms with Crippen molar-refractivity contribution in [3.63, 3.8) is 0 Å². The molecule has 0 unspecified atom stereocenters. The average molecular weight is 370 g/mol. The van der Waals surface area contributed by atoms with Crippen molar-refractivity contribution in [2.24, 2.45) is 5.92 Å². The van der Waals surface area contributed by atoms with E-state index in [4.69, 9.17) is 4.42 Å². The van der Waals surface area contributed by atoms with Crippen molar-refractivity contribution in [3.8, 4) is 11.3 Å². The number of oxazole rings is 1. The zero-order valence-electron chi connectivity index (χ0n) is 11.5. The van der Waals surface area contributed by atoms with E-state index < -0.39 is 0 Å². The molecular formula is C15H19IN2O. The van der Waals surface area contributed by atoms with Crippen molar-refractivity contribution in [2.45, 2.75) is 27.3 Å². The summed E-state index contributed by atoms with van der Waals surface area (Å²) in [7, 11) is 0. The molecular weight excluding hydrogens is 351 g/mol. The number of halogens is 1. The zero-order valence-corrected chi connectivity index (χ0v) is 13.7. The molecule has 0 saturated heterocycles. The van der Waals surface area contributed by atoms with Gasteiger partial charge in [0, 0.05) is 9.13 Å². The molecule has 2 aromatic rings. The van der Waals surface area contributed by atoms with Gasteiger partial charge in [-0.25, -0.2) is 4.98 Å². The highest BCUT2D eigenvalue weighted by atomic mass is 127. The topological polar surface area (TPSA) is 38.1 Å². The van der Waals surface area contributed by atoms with E-state index in [9.17, 15) is 0 Å². The lowest BCUT2D eigenvalue weighted by Gasteiger charge is -2.05. The van der Waals surface area contributed by atoms with E-state index in [0.29, 0.717) is 12.5 Å². The summed E-state index contributed by atoms with van der Waals surface area (Å²) in [6, 6.07) is 6.22. The van der Waals surface area contributed by atoms with E-state index >= 15 is 0 Å². The smallest absolute Gasteiger partial charge is 0.208 e. The first-order chi connectivity index (χ1) is 9.08. The van der Waals surface area contributed by atoms with Gasteiger partial charge in [0.15, 0.2) is 5.76 Å². The largest absolute Gasteiger partial charge is 0.439 e. The summed E-state index contributed by atoms with van der Waals surface area (Å²) in [5.41, 5.74) is 2.37. The second-order valence-electron chi connectivity index (χ2n) is 5.08. The summed E-state index contributed by atoms with van der Waals surface area (Å²) in [4.78, 5) is 4.33. The first-order valence-corrected chi connectivity index (χ1v) is 7.56. The fourth-order valence-corrected chi connectivity index (χ4v) is 2.45. The predicted octanol–water partition coefficient (Wildman–Crippen LogP) is 4.00. The van der Waals surface area contributed by atoms with Gasteiger partial charge in [0.2, 0.25) is 5.89 Å². The van der Waals surface area contributed by atoms with Crippen LogP contribution in [-0.2, 0) is 6.54 Å². The van der Waals surface area contributed by atoms with Crippen LogP contribution in [0.4, 0.5) is 0 Å². The maximum absolute atomic E-state index is 5.81. The Kier molecular flexibility index (Phi) is 4.99. The first kappa shape index (κ1) is 14.5. The summed E-state index contributed by atoms with van der Waals surface area (Å²) in [6.07, 6.45) is 1.81.